The second kappa shape index (κ2) is 54.9. The second-order valence-corrected chi connectivity index (χ2v) is 18.1. The summed E-state index contributed by atoms with van der Waals surface area (Å²) in [5, 5.41) is 0. The fourth-order valence-electron chi connectivity index (χ4n) is 7.53. The van der Waals surface area contributed by atoms with Crippen molar-refractivity contribution in [1.82, 2.24) is 0 Å². The van der Waals surface area contributed by atoms with E-state index >= 15 is 0 Å². The van der Waals surface area contributed by atoms with Gasteiger partial charge in [0.25, 0.3) is 0 Å². The Kier molecular flexibility index (Phi) is 51.9. The standard InChI is InChI=1S/C61H102O6/c1-4-7-10-13-16-19-22-25-27-28-29-30-31-32-34-36-39-42-45-48-51-54-60(63)66-57-58(56-65-59(62)53-50-47-44-41-38-35-24-21-18-15-12-9-6-3)67-61(64)55-52-49-46-43-40-37-33-26-23-20-17-14-11-8-5-2/h8-9,11-12,17-18,20-21,26,33,35,38,40,43,49,52,58H,4-7,10,13-16,19,22-25,27-32,34,36-37,39,41-42,44-48,50-51,53-57H2,1-3H3/b11-8-,12-9-,20-17-,21-18-,33-26-,38-35-,43-40-,52-49-. The molecule has 0 aliphatic heterocycles. The molecule has 6 nitrogen and oxygen atoms in total. The molecule has 0 aliphatic carbocycles. The lowest BCUT2D eigenvalue weighted by Crippen LogP contribution is -2.30. The van der Waals surface area contributed by atoms with Crippen molar-refractivity contribution in [2.75, 3.05) is 13.2 Å². The first-order valence-corrected chi connectivity index (χ1v) is 27.7. The number of carbonyl (C=O) groups excluding carboxylic acids is 3. The molecule has 0 aromatic carbocycles. The zero-order valence-corrected chi connectivity index (χ0v) is 43.6. The van der Waals surface area contributed by atoms with Gasteiger partial charge in [-0.3, -0.25) is 14.4 Å². The summed E-state index contributed by atoms with van der Waals surface area (Å²) in [4.78, 5) is 38.0. The van der Waals surface area contributed by atoms with E-state index in [-0.39, 0.29) is 31.6 Å². The summed E-state index contributed by atoms with van der Waals surface area (Å²) in [6, 6.07) is 0. The maximum atomic E-state index is 12.8. The molecule has 0 N–H and O–H groups in total. The highest BCUT2D eigenvalue weighted by molar-refractivity contribution is 5.72. The Hall–Kier alpha value is -3.67. The van der Waals surface area contributed by atoms with Crippen molar-refractivity contribution in [3.05, 3.63) is 97.2 Å². The van der Waals surface area contributed by atoms with Gasteiger partial charge in [-0.15, -0.1) is 0 Å². The van der Waals surface area contributed by atoms with Crippen molar-refractivity contribution in [2.45, 2.75) is 258 Å². The van der Waals surface area contributed by atoms with E-state index in [2.05, 4.69) is 106 Å². The predicted molar refractivity (Wildman–Crippen MR) is 288 cm³/mol. The van der Waals surface area contributed by atoms with Crippen LogP contribution in [0.5, 0.6) is 0 Å². The molecular weight excluding hydrogens is 829 g/mol. The van der Waals surface area contributed by atoms with E-state index in [0.717, 1.165) is 89.9 Å². The Labute approximate surface area is 413 Å². The minimum absolute atomic E-state index is 0.0897. The van der Waals surface area contributed by atoms with Crippen molar-refractivity contribution < 1.29 is 28.6 Å². The van der Waals surface area contributed by atoms with Crippen LogP contribution in [-0.4, -0.2) is 37.2 Å². The molecule has 0 saturated heterocycles. The summed E-state index contributed by atoms with van der Waals surface area (Å²) in [5.74, 6) is -1.08. The van der Waals surface area contributed by atoms with Crippen LogP contribution < -0.4 is 0 Å². The minimum Gasteiger partial charge on any atom is -0.462 e. The number of carbonyl (C=O) groups is 3. The molecule has 1 unspecified atom stereocenters. The lowest BCUT2D eigenvalue weighted by atomic mass is 10.0. The molecule has 0 radical (unpaired) electrons. The number of allylic oxidation sites excluding steroid dienone is 15. The van der Waals surface area contributed by atoms with Crippen molar-refractivity contribution in [3.63, 3.8) is 0 Å². The van der Waals surface area contributed by atoms with Crippen LogP contribution in [0.1, 0.15) is 252 Å². The normalized spacial score (nSPS) is 12.8. The molecular formula is C61H102O6. The Bertz CT molecular complexity index is 1350. The Morgan fingerprint density at radius 2 is 0.627 bits per heavy atom. The monoisotopic (exact) mass is 931 g/mol. The summed E-state index contributed by atoms with van der Waals surface area (Å²) < 4.78 is 16.7. The van der Waals surface area contributed by atoms with Gasteiger partial charge in [0.05, 0.1) is 6.42 Å². The maximum Gasteiger partial charge on any atom is 0.310 e. The number of ether oxygens (including phenoxy) is 3. The summed E-state index contributed by atoms with van der Waals surface area (Å²) in [5.41, 5.74) is 0. The topological polar surface area (TPSA) is 78.9 Å². The molecule has 0 rings (SSSR count). The van der Waals surface area contributed by atoms with Crippen LogP contribution in [0, 0.1) is 0 Å². The van der Waals surface area contributed by atoms with E-state index in [1.54, 1.807) is 6.08 Å². The van der Waals surface area contributed by atoms with E-state index in [0.29, 0.717) is 19.3 Å². The molecule has 0 spiro atoms. The predicted octanol–water partition coefficient (Wildman–Crippen LogP) is 18.5. The number of hydrogen-bond donors (Lipinski definition) is 0. The van der Waals surface area contributed by atoms with E-state index < -0.39 is 12.1 Å². The lowest BCUT2D eigenvalue weighted by molar-refractivity contribution is -0.166. The van der Waals surface area contributed by atoms with E-state index in [1.165, 1.54) is 116 Å². The summed E-state index contributed by atoms with van der Waals surface area (Å²) in [6.45, 7) is 6.31. The molecule has 6 heteroatoms. The third kappa shape index (κ3) is 53.2. The van der Waals surface area contributed by atoms with Gasteiger partial charge in [0.15, 0.2) is 6.10 Å². The number of unbranched alkanes of at least 4 members (excludes halogenated alkanes) is 23. The summed E-state index contributed by atoms with van der Waals surface area (Å²) in [7, 11) is 0. The van der Waals surface area contributed by atoms with Crippen molar-refractivity contribution >= 4 is 17.9 Å². The van der Waals surface area contributed by atoms with Gasteiger partial charge in [0.2, 0.25) is 0 Å². The van der Waals surface area contributed by atoms with Crippen LogP contribution in [-0.2, 0) is 28.6 Å². The largest absolute Gasteiger partial charge is 0.462 e. The zero-order valence-electron chi connectivity index (χ0n) is 43.6. The highest BCUT2D eigenvalue weighted by Crippen LogP contribution is 2.16. The van der Waals surface area contributed by atoms with Gasteiger partial charge in [-0.05, 0) is 77.0 Å². The molecule has 0 aliphatic rings. The average Bonchev–Trinajstić information content (AvgIpc) is 3.33. The highest BCUT2D eigenvalue weighted by Gasteiger charge is 2.19. The van der Waals surface area contributed by atoms with Gasteiger partial charge in [-0.2, -0.15) is 0 Å². The van der Waals surface area contributed by atoms with Gasteiger partial charge in [-0.1, -0.05) is 253 Å². The fraction of sp³-hybridized carbons (Fsp3) is 0.689. The molecule has 0 heterocycles. The Morgan fingerprint density at radius 1 is 0.328 bits per heavy atom. The third-order valence-electron chi connectivity index (χ3n) is 11.6. The van der Waals surface area contributed by atoms with Crippen molar-refractivity contribution in [3.8, 4) is 0 Å². The molecule has 0 aromatic heterocycles. The van der Waals surface area contributed by atoms with Gasteiger partial charge in [0, 0.05) is 12.8 Å². The van der Waals surface area contributed by atoms with Crippen LogP contribution in [0.2, 0.25) is 0 Å². The van der Waals surface area contributed by atoms with Crippen LogP contribution in [0.3, 0.4) is 0 Å². The zero-order chi connectivity index (χ0) is 48.6. The molecule has 67 heavy (non-hydrogen) atoms. The van der Waals surface area contributed by atoms with Crippen molar-refractivity contribution in [1.29, 1.82) is 0 Å². The van der Waals surface area contributed by atoms with Crippen LogP contribution in [0.15, 0.2) is 97.2 Å². The van der Waals surface area contributed by atoms with Crippen LogP contribution in [0.25, 0.3) is 0 Å². The van der Waals surface area contributed by atoms with Crippen LogP contribution >= 0.6 is 0 Å². The number of esters is 3. The molecule has 382 valence electrons. The first-order chi connectivity index (χ1) is 33.0. The van der Waals surface area contributed by atoms with E-state index in [4.69, 9.17) is 14.2 Å². The quantitative estimate of drug-likeness (QED) is 0.0262. The molecule has 0 aromatic rings. The molecule has 1 atom stereocenters. The minimum atomic E-state index is -0.843. The fourth-order valence-corrected chi connectivity index (χ4v) is 7.53. The van der Waals surface area contributed by atoms with Crippen molar-refractivity contribution in [2.24, 2.45) is 0 Å². The Morgan fingerprint density at radius 3 is 0.985 bits per heavy atom. The lowest BCUT2D eigenvalue weighted by Gasteiger charge is -2.18. The van der Waals surface area contributed by atoms with E-state index in [1.807, 2.05) is 6.08 Å². The summed E-state index contributed by atoms with van der Waals surface area (Å²) >= 11 is 0. The first kappa shape index (κ1) is 63.3. The Balaban J connectivity index is 4.43. The van der Waals surface area contributed by atoms with Gasteiger partial charge < -0.3 is 14.2 Å². The van der Waals surface area contributed by atoms with Gasteiger partial charge in [-0.25, -0.2) is 0 Å². The highest BCUT2D eigenvalue weighted by atomic mass is 16.6. The number of rotatable bonds is 49. The molecule has 0 saturated carbocycles. The smallest absolute Gasteiger partial charge is 0.310 e. The third-order valence-corrected chi connectivity index (χ3v) is 11.6. The molecule has 0 amide bonds. The number of hydrogen-bond acceptors (Lipinski definition) is 6. The van der Waals surface area contributed by atoms with Crippen LogP contribution in [0.4, 0.5) is 0 Å². The van der Waals surface area contributed by atoms with E-state index in [9.17, 15) is 14.4 Å². The maximum absolute atomic E-state index is 12.8. The molecule has 0 fully saturated rings. The average molecular weight is 931 g/mol. The van der Waals surface area contributed by atoms with Gasteiger partial charge in [0.1, 0.15) is 13.2 Å². The first-order valence-electron chi connectivity index (χ1n) is 27.7. The summed E-state index contributed by atoms with van der Waals surface area (Å²) in [6.07, 6.45) is 72.9. The second-order valence-electron chi connectivity index (χ2n) is 18.1. The van der Waals surface area contributed by atoms with Gasteiger partial charge >= 0.3 is 17.9 Å². The molecule has 0 bridgehead atoms. The SMILES string of the molecule is CC/C=C\C/C=C\C/C=C\C/C=C\C/C=C\CC(=O)OC(COC(=O)CCCCC/C=C\C/C=C\C/C=C\CC)COC(=O)CCCCCCCCCCCCCCCCCCCCCCC.